The number of carbonyl (C=O) groups excluding carboxylic acids is 1. The molecule has 3 aromatic carbocycles. The number of hydrogen-bond donors (Lipinski definition) is 1. The van der Waals surface area contributed by atoms with Crippen LogP contribution in [0.25, 0.3) is 6.08 Å². The molecule has 0 spiro atoms. The number of ether oxygens (including phenoxy) is 1. The number of benzene rings is 3. The van der Waals surface area contributed by atoms with Gasteiger partial charge in [0.2, 0.25) is 0 Å². The van der Waals surface area contributed by atoms with Crippen LogP contribution in [0.5, 0.6) is 5.75 Å². The summed E-state index contributed by atoms with van der Waals surface area (Å²) in [7, 11) is 0. The predicted molar refractivity (Wildman–Crippen MR) is 144 cm³/mol. The van der Waals surface area contributed by atoms with Gasteiger partial charge in [0.25, 0.3) is 5.91 Å². The maximum atomic E-state index is 12.4. The Labute approximate surface area is 213 Å². The Kier molecular flexibility index (Phi) is 7.70. The van der Waals surface area contributed by atoms with Gasteiger partial charge in [0.15, 0.2) is 5.17 Å². The maximum Gasteiger partial charge on any atom is 0.264 e. The number of amidine groups is 1. The Balaban J connectivity index is 1.43. The lowest BCUT2D eigenvalue weighted by molar-refractivity contribution is -0.115. The van der Waals surface area contributed by atoms with E-state index >= 15 is 0 Å². The topological polar surface area (TPSA) is 50.7 Å². The standard InChI is InChI=1S/C25H20BrIN2O2S/c1-2-16-5-10-20(11-6-16)28-25-29-24(30)23(32-25)14-18-7-12-22(21(27)13-18)31-15-17-3-8-19(26)9-4-17/h3-14H,2,15H2,1H3,(H,28,29,30)/b23-14-. The van der Waals surface area contributed by atoms with Crippen molar-refractivity contribution in [2.24, 2.45) is 4.99 Å². The quantitative estimate of drug-likeness (QED) is 0.237. The Morgan fingerprint density at radius 3 is 2.47 bits per heavy atom. The van der Waals surface area contributed by atoms with E-state index in [1.165, 1.54) is 17.3 Å². The van der Waals surface area contributed by atoms with Gasteiger partial charge in [-0.1, -0.05) is 53.2 Å². The van der Waals surface area contributed by atoms with E-state index in [1.54, 1.807) is 0 Å². The van der Waals surface area contributed by atoms with Crippen LogP contribution in [0.15, 0.2) is 81.1 Å². The molecule has 7 heteroatoms. The lowest BCUT2D eigenvalue weighted by Crippen LogP contribution is -2.19. The molecule has 4 rings (SSSR count). The third-order valence-electron chi connectivity index (χ3n) is 4.79. The Morgan fingerprint density at radius 2 is 1.78 bits per heavy atom. The van der Waals surface area contributed by atoms with Crippen LogP contribution >= 0.6 is 50.3 Å². The number of amides is 1. The summed E-state index contributed by atoms with van der Waals surface area (Å²) in [5, 5.41) is 3.44. The van der Waals surface area contributed by atoms with Crippen LogP contribution in [0.2, 0.25) is 0 Å². The van der Waals surface area contributed by atoms with E-state index in [2.05, 4.69) is 67.9 Å². The molecule has 0 radical (unpaired) electrons. The summed E-state index contributed by atoms with van der Waals surface area (Å²) in [5.74, 6) is 0.682. The van der Waals surface area contributed by atoms with Crippen LogP contribution in [0, 0.1) is 3.57 Å². The fraction of sp³-hybridized carbons (Fsp3) is 0.120. The first-order valence-corrected chi connectivity index (χ1v) is 12.7. The zero-order valence-corrected chi connectivity index (χ0v) is 21.8. The van der Waals surface area contributed by atoms with E-state index in [0.717, 1.165) is 37.0 Å². The minimum Gasteiger partial charge on any atom is -0.488 e. The highest BCUT2D eigenvalue weighted by atomic mass is 127. The molecule has 3 aromatic rings. The highest BCUT2D eigenvalue weighted by Gasteiger charge is 2.23. The summed E-state index contributed by atoms with van der Waals surface area (Å²) in [4.78, 5) is 17.6. The average molecular weight is 619 g/mol. The van der Waals surface area contributed by atoms with E-state index in [-0.39, 0.29) is 5.91 Å². The van der Waals surface area contributed by atoms with Crippen LogP contribution < -0.4 is 10.1 Å². The number of nitrogens with zero attached hydrogens (tertiary/aromatic N) is 1. The normalized spacial score (nSPS) is 15.9. The molecule has 1 fully saturated rings. The Morgan fingerprint density at radius 1 is 1.06 bits per heavy atom. The van der Waals surface area contributed by atoms with E-state index in [0.29, 0.717) is 16.7 Å². The van der Waals surface area contributed by atoms with Gasteiger partial charge in [0, 0.05) is 4.47 Å². The molecule has 1 heterocycles. The number of thioether (sulfide) groups is 1. The summed E-state index contributed by atoms with van der Waals surface area (Å²) >= 11 is 7.05. The second-order valence-corrected chi connectivity index (χ2v) is 10.2. The zero-order valence-electron chi connectivity index (χ0n) is 17.3. The van der Waals surface area contributed by atoms with E-state index in [9.17, 15) is 4.79 Å². The van der Waals surface area contributed by atoms with Gasteiger partial charge in [-0.05, 0) is 99.9 Å². The highest BCUT2D eigenvalue weighted by Crippen LogP contribution is 2.30. The van der Waals surface area contributed by atoms with Crippen molar-refractivity contribution in [1.82, 2.24) is 5.32 Å². The van der Waals surface area contributed by atoms with Gasteiger partial charge in [-0.3, -0.25) is 4.79 Å². The smallest absolute Gasteiger partial charge is 0.264 e. The van der Waals surface area contributed by atoms with Gasteiger partial charge in [0.05, 0.1) is 14.2 Å². The zero-order chi connectivity index (χ0) is 22.5. The number of nitrogens with one attached hydrogen (secondary N) is 1. The van der Waals surface area contributed by atoms with Crippen molar-refractivity contribution >= 4 is 73.1 Å². The van der Waals surface area contributed by atoms with Crippen molar-refractivity contribution in [3.8, 4) is 5.75 Å². The van der Waals surface area contributed by atoms with Crippen LogP contribution in [0.1, 0.15) is 23.6 Å². The summed E-state index contributed by atoms with van der Waals surface area (Å²) in [6, 6.07) is 22.0. The monoisotopic (exact) mass is 618 g/mol. The van der Waals surface area contributed by atoms with Crippen LogP contribution in [-0.4, -0.2) is 11.1 Å². The second-order valence-electron chi connectivity index (χ2n) is 7.11. The van der Waals surface area contributed by atoms with Crippen molar-refractivity contribution in [3.63, 3.8) is 0 Å². The molecule has 1 aliphatic heterocycles. The molecule has 1 amide bonds. The lowest BCUT2D eigenvalue weighted by atomic mass is 10.2. The minimum absolute atomic E-state index is 0.135. The van der Waals surface area contributed by atoms with Crippen molar-refractivity contribution in [2.75, 3.05) is 0 Å². The van der Waals surface area contributed by atoms with Crippen molar-refractivity contribution in [1.29, 1.82) is 0 Å². The molecular weight excluding hydrogens is 599 g/mol. The Hall–Kier alpha value is -2.10. The molecule has 0 saturated carbocycles. The Bertz CT molecular complexity index is 1190. The minimum atomic E-state index is -0.135. The number of carbonyl (C=O) groups is 1. The lowest BCUT2D eigenvalue weighted by Gasteiger charge is -2.09. The van der Waals surface area contributed by atoms with Gasteiger partial charge < -0.3 is 10.1 Å². The second kappa shape index (κ2) is 10.7. The van der Waals surface area contributed by atoms with Crippen LogP contribution in [0.3, 0.4) is 0 Å². The molecule has 1 saturated heterocycles. The van der Waals surface area contributed by atoms with Crippen LogP contribution in [0.4, 0.5) is 5.69 Å². The fourth-order valence-corrected chi connectivity index (χ4v) is 4.82. The molecule has 0 aromatic heterocycles. The maximum absolute atomic E-state index is 12.4. The first-order valence-electron chi connectivity index (χ1n) is 10.1. The van der Waals surface area contributed by atoms with E-state index < -0.39 is 0 Å². The number of halogens is 2. The molecule has 1 aliphatic rings. The largest absolute Gasteiger partial charge is 0.488 e. The van der Waals surface area contributed by atoms with Gasteiger partial charge >= 0.3 is 0 Å². The third kappa shape index (κ3) is 6.02. The summed E-state index contributed by atoms with van der Waals surface area (Å²) in [6.45, 7) is 2.62. The van der Waals surface area contributed by atoms with Gasteiger partial charge in [-0.15, -0.1) is 0 Å². The summed E-state index contributed by atoms with van der Waals surface area (Å²) in [6.07, 6.45) is 2.87. The average Bonchev–Trinajstić information content (AvgIpc) is 3.13. The molecule has 0 bridgehead atoms. The first kappa shape index (κ1) is 23.1. The molecule has 0 unspecified atom stereocenters. The fourth-order valence-electron chi connectivity index (χ4n) is 3.02. The number of aryl methyl sites for hydroxylation is 1. The number of aliphatic imine (C=N–C) groups is 1. The molecule has 162 valence electrons. The molecule has 1 N–H and O–H groups in total. The van der Waals surface area contributed by atoms with Crippen molar-refractivity contribution < 1.29 is 9.53 Å². The van der Waals surface area contributed by atoms with E-state index in [4.69, 9.17) is 4.74 Å². The summed E-state index contributed by atoms with van der Waals surface area (Å²) in [5.41, 5.74) is 4.13. The number of hydrogen-bond acceptors (Lipinski definition) is 4. The first-order chi connectivity index (χ1) is 15.5. The highest BCUT2D eigenvalue weighted by molar-refractivity contribution is 14.1. The SMILES string of the molecule is CCc1ccc(N=C2NC(=O)/C(=C/c3ccc(OCc4ccc(Br)cc4)c(I)c3)S2)cc1. The van der Waals surface area contributed by atoms with Gasteiger partial charge in [0.1, 0.15) is 12.4 Å². The third-order valence-corrected chi connectivity index (χ3v) is 7.07. The van der Waals surface area contributed by atoms with Gasteiger partial charge in [-0.25, -0.2) is 4.99 Å². The van der Waals surface area contributed by atoms with Gasteiger partial charge in [-0.2, -0.15) is 0 Å². The number of rotatable bonds is 6. The molecule has 32 heavy (non-hydrogen) atoms. The summed E-state index contributed by atoms with van der Waals surface area (Å²) < 4.78 is 8.00. The molecule has 4 nitrogen and oxygen atoms in total. The predicted octanol–water partition coefficient (Wildman–Crippen LogP) is 7.09. The molecule has 0 atom stereocenters. The molecule has 0 aliphatic carbocycles. The van der Waals surface area contributed by atoms with Crippen molar-refractivity contribution in [2.45, 2.75) is 20.0 Å². The van der Waals surface area contributed by atoms with Crippen molar-refractivity contribution in [3.05, 3.63) is 96.4 Å². The van der Waals surface area contributed by atoms with Crippen LogP contribution in [-0.2, 0) is 17.8 Å². The van der Waals surface area contributed by atoms with E-state index in [1.807, 2.05) is 60.7 Å². The molecular formula is C25H20BrIN2O2S.